The lowest BCUT2D eigenvalue weighted by atomic mass is 10.1. The van der Waals surface area contributed by atoms with Crippen molar-refractivity contribution in [2.24, 2.45) is 0 Å². The zero-order valence-electron chi connectivity index (χ0n) is 19.8. The number of rotatable bonds is 6. The first-order chi connectivity index (χ1) is 17.3. The second-order valence-corrected chi connectivity index (χ2v) is 11.4. The van der Waals surface area contributed by atoms with Gasteiger partial charge in [-0.25, -0.2) is 18.4 Å². The Balaban J connectivity index is 1.41. The minimum atomic E-state index is -3.88. The first kappa shape index (κ1) is 24.0. The van der Waals surface area contributed by atoms with Gasteiger partial charge in [-0.3, -0.25) is 9.10 Å². The predicted molar refractivity (Wildman–Crippen MR) is 143 cm³/mol. The first-order valence-corrected chi connectivity index (χ1v) is 13.8. The molecule has 0 aliphatic carbocycles. The molecule has 1 aliphatic rings. The summed E-state index contributed by atoms with van der Waals surface area (Å²) in [6, 6.07) is 22.6. The van der Waals surface area contributed by atoms with Crippen LogP contribution in [0.25, 0.3) is 11.3 Å². The van der Waals surface area contributed by atoms with Gasteiger partial charge in [0.2, 0.25) is 5.91 Å². The zero-order chi connectivity index (χ0) is 25.3. The summed E-state index contributed by atoms with van der Waals surface area (Å²) in [5, 5.41) is 3.18. The fourth-order valence-electron chi connectivity index (χ4n) is 4.06. The van der Waals surface area contributed by atoms with E-state index >= 15 is 0 Å². The number of sulfonamides is 1. The van der Waals surface area contributed by atoms with Crippen LogP contribution in [0.1, 0.15) is 16.7 Å². The second-order valence-electron chi connectivity index (χ2n) is 8.59. The van der Waals surface area contributed by atoms with Crippen LogP contribution in [0.4, 0.5) is 11.4 Å². The quantitative estimate of drug-likeness (QED) is 0.280. The van der Waals surface area contributed by atoms with E-state index in [1.807, 2.05) is 80.6 Å². The summed E-state index contributed by atoms with van der Waals surface area (Å²) in [6.07, 6.45) is 1.34. The van der Waals surface area contributed by atoms with Crippen molar-refractivity contribution in [2.45, 2.75) is 30.4 Å². The van der Waals surface area contributed by atoms with E-state index in [1.165, 1.54) is 10.5 Å². The van der Waals surface area contributed by atoms with E-state index in [2.05, 4.69) is 15.3 Å². The molecule has 2 heterocycles. The van der Waals surface area contributed by atoms with E-state index in [9.17, 15) is 13.2 Å². The molecule has 7 nitrogen and oxygen atoms in total. The predicted octanol–water partition coefficient (Wildman–Crippen LogP) is 5.20. The van der Waals surface area contributed by atoms with Crippen molar-refractivity contribution in [3.63, 3.8) is 0 Å². The van der Waals surface area contributed by atoms with Crippen LogP contribution in [-0.2, 0) is 21.4 Å². The first-order valence-electron chi connectivity index (χ1n) is 11.4. The molecule has 0 unspecified atom stereocenters. The van der Waals surface area contributed by atoms with E-state index in [4.69, 9.17) is 0 Å². The van der Waals surface area contributed by atoms with Crippen LogP contribution < -0.4 is 9.62 Å². The number of carbonyl (C=O) groups is 1. The van der Waals surface area contributed by atoms with E-state index < -0.39 is 10.0 Å². The van der Waals surface area contributed by atoms with Gasteiger partial charge in [0, 0.05) is 11.3 Å². The SMILES string of the molecule is Cc1ccc(NC(=O)CSc2ncc3c(n2)-c2ccccc2N(Cc2cccc(C)c2)S3(=O)=O)cc1. The molecule has 1 N–H and O–H groups in total. The lowest BCUT2D eigenvalue weighted by Gasteiger charge is -2.31. The van der Waals surface area contributed by atoms with Crippen LogP contribution in [0.5, 0.6) is 0 Å². The standard InChI is InChI=1S/C27H24N4O3S2/c1-18-10-12-21(13-11-18)29-25(32)17-35-27-28-15-24-26(30-27)22-8-3-4-9-23(22)31(36(24,33)34)16-20-7-5-6-19(2)14-20/h3-15H,16-17H2,1-2H3,(H,29,32). The highest BCUT2D eigenvalue weighted by Gasteiger charge is 2.36. The van der Waals surface area contributed by atoms with Crippen molar-refractivity contribution in [3.8, 4) is 11.3 Å². The van der Waals surface area contributed by atoms with Gasteiger partial charge in [0.05, 0.1) is 29.9 Å². The number of nitrogens with zero attached hydrogens (tertiary/aromatic N) is 3. The Morgan fingerprint density at radius 2 is 1.75 bits per heavy atom. The number of amides is 1. The van der Waals surface area contributed by atoms with E-state index in [-0.39, 0.29) is 23.1 Å². The van der Waals surface area contributed by atoms with Gasteiger partial charge >= 0.3 is 0 Å². The average molecular weight is 517 g/mol. The van der Waals surface area contributed by atoms with Gasteiger partial charge in [0.1, 0.15) is 4.90 Å². The Morgan fingerprint density at radius 1 is 0.972 bits per heavy atom. The Morgan fingerprint density at radius 3 is 2.53 bits per heavy atom. The number of aryl methyl sites for hydroxylation is 2. The lowest BCUT2D eigenvalue weighted by Crippen LogP contribution is -2.34. The van der Waals surface area contributed by atoms with Crippen molar-refractivity contribution in [2.75, 3.05) is 15.4 Å². The molecule has 1 aliphatic heterocycles. The maximum absolute atomic E-state index is 13.6. The van der Waals surface area contributed by atoms with E-state index in [0.717, 1.165) is 28.5 Å². The molecule has 0 fully saturated rings. The summed E-state index contributed by atoms with van der Waals surface area (Å²) in [6.45, 7) is 4.16. The van der Waals surface area contributed by atoms with Gasteiger partial charge < -0.3 is 5.32 Å². The number of para-hydroxylation sites is 1. The number of anilines is 2. The summed E-state index contributed by atoms with van der Waals surface area (Å²) in [5.74, 6) is -0.0943. The summed E-state index contributed by atoms with van der Waals surface area (Å²) >= 11 is 1.16. The van der Waals surface area contributed by atoms with Gasteiger partial charge in [-0.05, 0) is 37.6 Å². The zero-order valence-corrected chi connectivity index (χ0v) is 21.4. The number of hydrogen-bond donors (Lipinski definition) is 1. The Labute approximate surface area is 214 Å². The van der Waals surface area contributed by atoms with Crippen LogP contribution in [0.3, 0.4) is 0 Å². The minimum absolute atomic E-state index is 0.0577. The molecule has 0 radical (unpaired) electrons. The maximum atomic E-state index is 13.6. The van der Waals surface area contributed by atoms with Crippen molar-refractivity contribution < 1.29 is 13.2 Å². The Hall–Kier alpha value is -3.69. The van der Waals surface area contributed by atoms with Gasteiger partial charge in [0.25, 0.3) is 10.0 Å². The smallest absolute Gasteiger partial charge is 0.268 e. The third kappa shape index (κ3) is 4.84. The number of thioether (sulfide) groups is 1. The normalized spacial score (nSPS) is 13.6. The molecule has 5 rings (SSSR count). The van der Waals surface area contributed by atoms with Gasteiger partial charge in [-0.1, -0.05) is 77.5 Å². The maximum Gasteiger partial charge on any atom is 0.268 e. The highest BCUT2D eigenvalue weighted by Crippen LogP contribution is 2.42. The van der Waals surface area contributed by atoms with Crippen LogP contribution in [0, 0.1) is 13.8 Å². The topological polar surface area (TPSA) is 92.3 Å². The molecule has 3 aromatic carbocycles. The summed E-state index contributed by atoms with van der Waals surface area (Å²) < 4.78 is 28.7. The molecule has 36 heavy (non-hydrogen) atoms. The molecule has 1 aromatic heterocycles. The fourth-order valence-corrected chi connectivity index (χ4v) is 6.23. The fraction of sp³-hybridized carbons (Fsp3) is 0.148. The van der Waals surface area contributed by atoms with Crippen molar-refractivity contribution >= 4 is 39.1 Å². The molecule has 4 aromatic rings. The van der Waals surface area contributed by atoms with Gasteiger partial charge in [0.15, 0.2) is 5.16 Å². The van der Waals surface area contributed by atoms with Crippen LogP contribution >= 0.6 is 11.8 Å². The Bertz CT molecular complexity index is 1550. The molecule has 182 valence electrons. The van der Waals surface area contributed by atoms with E-state index in [1.54, 1.807) is 6.07 Å². The molecule has 1 amide bonds. The molecule has 0 spiro atoms. The van der Waals surface area contributed by atoms with Crippen molar-refractivity contribution in [3.05, 3.63) is 95.7 Å². The highest BCUT2D eigenvalue weighted by atomic mass is 32.2. The number of benzene rings is 3. The number of fused-ring (bicyclic) bond motifs is 3. The number of hydrogen-bond acceptors (Lipinski definition) is 6. The van der Waals surface area contributed by atoms with Gasteiger partial charge in [-0.2, -0.15) is 0 Å². The van der Waals surface area contributed by atoms with E-state index in [0.29, 0.717) is 27.8 Å². The van der Waals surface area contributed by atoms with Crippen LogP contribution in [-0.4, -0.2) is 30.0 Å². The lowest BCUT2D eigenvalue weighted by molar-refractivity contribution is -0.113. The number of nitrogens with one attached hydrogen (secondary N) is 1. The minimum Gasteiger partial charge on any atom is -0.325 e. The molecular formula is C27H24N4O3S2. The highest BCUT2D eigenvalue weighted by molar-refractivity contribution is 7.99. The molecule has 0 atom stereocenters. The molecule has 0 saturated heterocycles. The van der Waals surface area contributed by atoms with Crippen LogP contribution in [0.15, 0.2) is 89.0 Å². The molecule has 0 bridgehead atoms. The summed E-state index contributed by atoms with van der Waals surface area (Å²) in [5.41, 5.74) is 5.41. The third-order valence-corrected chi connectivity index (χ3v) is 8.43. The van der Waals surface area contributed by atoms with Crippen molar-refractivity contribution in [1.82, 2.24) is 9.97 Å². The average Bonchev–Trinajstić information content (AvgIpc) is 2.87. The Kier molecular flexibility index (Phi) is 6.51. The van der Waals surface area contributed by atoms with Crippen molar-refractivity contribution in [1.29, 1.82) is 0 Å². The molecule has 0 saturated carbocycles. The summed E-state index contributed by atoms with van der Waals surface area (Å²) in [4.78, 5) is 21.3. The second kappa shape index (κ2) is 9.75. The number of aromatic nitrogens is 2. The number of carbonyl (C=O) groups excluding carboxylic acids is 1. The largest absolute Gasteiger partial charge is 0.325 e. The monoisotopic (exact) mass is 516 g/mol. The van der Waals surface area contributed by atoms with Crippen LogP contribution in [0.2, 0.25) is 0 Å². The molecular weight excluding hydrogens is 492 g/mol. The molecule has 9 heteroatoms. The summed E-state index contributed by atoms with van der Waals surface area (Å²) in [7, 11) is -3.88. The van der Waals surface area contributed by atoms with Gasteiger partial charge in [-0.15, -0.1) is 0 Å². The third-order valence-electron chi connectivity index (χ3n) is 5.81.